The average molecular weight is 347 g/mol. The van der Waals surface area contributed by atoms with Crippen LogP contribution in [0.25, 0.3) is 5.69 Å². The van der Waals surface area contributed by atoms with Crippen molar-refractivity contribution in [2.45, 2.75) is 19.9 Å². The fourth-order valence-corrected chi connectivity index (χ4v) is 2.38. The van der Waals surface area contributed by atoms with E-state index >= 15 is 0 Å². The van der Waals surface area contributed by atoms with Crippen LogP contribution in [0.3, 0.4) is 0 Å². The van der Waals surface area contributed by atoms with Gasteiger partial charge in [-0.15, -0.1) is 0 Å². The van der Waals surface area contributed by atoms with Crippen molar-refractivity contribution in [3.8, 4) is 5.69 Å². The first-order valence-electron chi connectivity index (χ1n) is 7.48. The fourth-order valence-electron chi connectivity index (χ4n) is 2.13. The van der Waals surface area contributed by atoms with Crippen LogP contribution in [0.5, 0.6) is 0 Å². The highest BCUT2D eigenvalue weighted by molar-refractivity contribution is 7.80. The molecule has 8 heteroatoms. The van der Waals surface area contributed by atoms with Gasteiger partial charge in [-0.05, 0) is 56.4 Å². The lowest BCUT2D eigenvalue weighted by molar-refractivity contribution is 0.0943. The van der Waals surface area contributed by atoms with Crippen LogP contribution in [0.15, 0.2) is 36.5 Å². The monoisotopic (exact) mass is 347 g/mol. The van der Waals surface area contributed by atoms with Gasteiger partial charge in [-0.25, -0.2) is 4.68 Å². The molecule has 24 heavy (non-hydrogen) atoms. The molecule has 0 spiro atoms. The Hall–Kier alpha value is -2.45. The predicted molar refractivity (Wildman–Crippen MR) is 96.0 cm³/mol. The van der Waals surface area contributed by atoms with Gasteiger partial charge >= 0.3 is 0 Å². The zero-order chi connectivity index (χ0) is 17.5. The molecule has 2 rings (SSSR count). The standard InChI is InChI=1S/C16H21N5O2S/c1-11(10-23-3)18-16(24)20-19-15(22)13-4-6-14(7-5-13)21-12(2)8-9-17-21/h4-9,11H,10H2,1-3H3,(H,19,22)(H2,18,20,24)/t11-/m0/s1. The molecular weight excluding hydrogens is 326 g/mol. The van der Waals surface area contributed by atoms with E-state index in [1.165, 1.54) is 0 Å². The van der Waals surface area contributed by atoms with Gasteiger partial charge in [0.1, 0.15) is 0 Å². The molecule has 1 aromatic heterocycles. The molecule has 0 saturated carbocycles. The Balaban J connectivity index is 1.89. The maximum atomic E-state index is 12.1. The lowest BCUT2D eigenvalue weighted by Gasteiger charge is -2.16. The fraction of sp³-hybridized carbons (Fsp3) is 0.312. The third-order valence-electron chi connectivity index (χ3n) is 3.29. The van der Waals surface area contributed by atoms with Crippen LogP contribution in [-0.4, -0.2) is 40.6 Å². The van der Waals surface area contributed by atoms with Crippen molar-refractivity contribution in [3.05, 3.63) is 47.8 Å². The van der Waals surface area contributed by atoms with Gasteiger partial charge in [-0.2, -0.15) is 5.10 Å². The molecule has 2 aromatic rings. The zero-order valence-electron chi connectivity index (χ0n) is 13.9. The average Bonchev–Trinajstić information content (AvgIpc) is 2.99. The van der Waals surface area contributed by atoms with Gasteiger partial charge in [0.05, 0.1) is 12.3 Å². The minimum absolute atomic E-state index is 0.0449. The summed E-state index contributed by atoms with van der Waals surface area (Å²) in [7, 11) is 1.62. The Morgan fingerprint density at radius 3 is 2.58 bits per heavy atom. The van der Waals surface area contributed by atoms with E-state index in [2.05, 4.69) is 21.3 Å². The summed E-state index contributed by atoms with van der Waals surface area (Å²) in [5, 5.41) is 7.55. The van der Waals surface area contributed by atoms with Crippen LogP contribution in [0.4, 0.5) is 0 Å². The van der Waals surface area contributed by atoms with Gasteiger partial charge in [0.25, 0.3) is 5.91 Å². The molecule has 7 nitrogen and oxygen atoms in total. The van der Waals surface area contributed by atoms with Gasteiger partial charge in [0.2, 0.25) is 0 Å². The molecular formula is C16H21N5O2S. The quantitative estimate of drug-likeness (QED) is 0.559. The number of nitrogens with one attached hydrogen (secondary N) is 3. The largest absolute Gasteiger partial charge is 0.383 e. The van der Waals surface area contributed by atoms with E-state index in [-0.39, 0.29) is 11.9 Å². The van der Waals surface area contributed by atoms with Crippen LogP contribution in [0.1, 0.15) is 23.0 Å². The van der Waals surface area contributed by atoms with E-state index in [0.717, 1.165) is 11.4 Å². The van der Waals surface area contributed by atoms with Crippen LogP contribution in [-0.2, 0) is 4.74 Å². The normalized spacial score (nSPS) is 11.6. The van der Waals surface area contributed by atoms with Crippen molar-refractivity contribution in [1.29, 1.82) is 0 Å². The molecule has 1 atom stereocenters. The van der Waals surface area contributed by atoms with Gasteiger partial charge in [-0.1, -0.05) is 0 Å². The summed E-state index contributed by atoms with van der Waals surface area (Å²) in [4.78, 5) is 12.1. The lowest BCUT2D eigenvalue weighted by atomic mass is 10.2. The van der Waals surface area contributed by atoms with Gasteiger partial charge in [-0.3, -0.25) is 15.6 Å². The molecule has 1 aromatic carbocycles. The minimum atomic E-state index is -0.276. The molecule has 1 amide bonds. The van der Waals surface area contributed by atoms with Crippen molar-refractivity contribution < 1.29 is 9.53 Å². The number of amides is 1. The van der Waals surface area contributed by atoms with Crippen molar-refractivity contribution in [2.24, 2.45) is 0 Å². The van der Waals surface area contributed by atoms with Crippen LogP contribution in [0.2, 0.25) is 0 Å². The van der Waals surface area contributed by atoms with E-state index in [4.69, 9.17) is 17.0 Å². The number of carbonyl (C=O) groups is 1. The molecule has 0 fully saturated rings. The predicted octanol–water partition coefficient (Wildman–Crippen LogP) is 1.32. The number of nitrogens with zero attached hydrogens (tertiary/aromatic N) is 2. The van der Waals surface area contributed by atoms with Gasteiger partial charge < -0.3 is 10.1 Å². The van der Waals surface area contributed by atoms with Crippen LogP contribution in [0, 0.1) is 6.92 Å². The lowest BCUT2D eigenvalue weighted by Crippen LogP contribution is -2.49. The highest BCUT2D eigenvalue weighted by Crippen LogP contribution is 2.11. The topological polar surface area (TPSA) is 80.2 Å². The summed E-state index contributed by atoms with van der Waals surface area (Å²) < 4.78 is 6.81. The number of carbonyl (C=O) groups excluding carboxylic acids is 1. The van der Waals surface area contributed by atoms with Crippen LogP contribution >= 0.6 is 12.2 Å². The Morgan fingerprint density at radius 2 is 2.00 bits per heavy atom. The number of hydrazine groups is 1. The summed E-state index contributed by atoms with van der Waals surface area (Å²) in [5.74, 6) is -0.276. The second kappa shape index (κ2) is 8.42. The Morgan fingerprint density at radius 1 is 1.29 bits per heavy atom. The molecule has 0 aliphatic carbocycles. The molecule has 0 aliphatic rings. The number of aromatic nitrogens is 2. The number of thiocarbonyl (C=S) groups is 1. The maximum absolute atomic E-state index is 12.1. The van der Waals surface area contributed by atoms with Crippen molar-refractivity contribution in [2.75, 3.05) is 13.7 Å². The minimum Gasteiger partial charge on any atom is -0.383 e. The zero-order valence-corrected chi connectivity index (χ0v) is 14.7. The van der Waals surface area contributed by atoms with Crippen LogP contribution < -0.4 is 16.2 Å². The molecule has 3 N–H and O–H groups in total. The highest BCUT2D eigenvalue weighted by Gasteiger charge is 2.08. The van der Waals surface area contributed by atoms with Gasteiger partial charge in [0, 0.05) is 30.6 Å². The number of aryl methyl sites for hydroxylation is 1. The summed E-state index contributed by atoms with van der Waals surface area (Å²) >= 11 is 5.10. The number of hydrogen-bond donors (Lipinski definition) is 3. The summed E-state index contributed by atoms with van der Waals surface area (Å²) in [6, 6.07) is 9.11. The number of rotatable bonds is 5. The van der Waals surface area contributed by atoms with Crippen molar-refractivity contribution in [1.82, 2.24) is 25.9 Å². The van der Waals surface area contributed by atoms with Gasteiger partial charge in [0.15, 0.2) is 5.11 Å². The third kappa shape index (κ3) is 4.77. The molecule has 0 unspecified atom stereocenters. The molecule has 0 aliphatic heterocycles. The van der Waals surface area contributed by atoms with E-state index < -0.39 is 0 Å². The number of methoxy groups -OCH3 is 1. The first-order chi connectivity index (χ1) is 11.5. The first kappa shape index (κ1) is 17.9. The molecule has 0 radical (unpaired) electrons. The van der Waals surface area contributed by atoms with Crippen molar-refractivity contribution >= 4 is 23.2 Å². The summed E-state index contributed by atoms with van der Waals surface area (Å²) in [6.45, 7) is 4.41. The number of ether oxygens (including phenoxy) is 1. The van der Waals surface area contributed by atoms with E-state index in [1.54, 1.807) is 30.1 Å². The molecule has 128 valence electrons. The Kier molecular flexibility index (Phi) is 6.28. The van der Waals surface area contributed by atoms with Crippen molar-refractivity contribution in [3.63, 3.8) is 0 Å². The Bertz CT molecular complexity index is 699. The molecule has 0 saturated heterocycles. The van der Waals surface area contributed by atoms with E-state index in [1.807, 2.05) is 32.0 Å². The molecule has 1 heterocycles. The van der Waals surface area contributed by atoms with E-state index in [9.17, 15) is 4.79 Å². The number of benzene rings is 1. The second-order valence-corrected chi connectivity index (χ2v) is 5.75. The summed E-state index contributed by atoms with van der Waals surface area (Å²) in [5.41, 5.74) is 7.66. The maximum Gasteiger partial charge on any atom is 0.269 e. The Labute approximate surface area is 146 Å². The second-order valence-electron chi connectivity index (χ2n) is 5.34. The SMILES string of the molecule is COC[C@H](C)NC(=S)NNC(=O)c1ccc(-n2nccc2C)cc1. The first-order valence-corrected chi connectivity index (χ1v) is 7.89. The van der Waals surface area contributed by atoms with E-state index in [0.29, 0.717) is 17.3 Å². The number of hydrogen-bond acceptors (Lipinski definition) is 4. The highest BCUT2D eigenvalue weighted by atomic mass is 32.1. The molecule has 0 bridgehead atoms. The third-order valence-corrected chi connectivity index (χ3v) is 3.51. The summed E-state index contributed by atoms with van der Waals surface area (Å²) in [6.07, 6.45) is 1.73. The smallest absolute Gasteiger partial charge is 0.269 e.